The van der Waals surface area contributed by atoms with Crippen LogP contribution in [0.25, 0.3) is 0 Å². The van der Waals surface area contributed by atoms with E-state index in [4.69, 9.17) is 5.73 Å². The summed E-state index contributed by atoms with van der Waals surface area (Å²) in [4.78, 5) is 60.1. The number of imidazole rings is 1. The van der Waals surface area contributed by atoms with E-state index in [1.54, 1.807) is 32.6 Å². The number of carbonyl (C=O) groups excluding carboxylic acids is 4. The lowest BCUT2D eigenvalue weighted by atomic mass is 9.58. The van der Waals surface area contributed by atoms with Crippen LogP contribution < -0.4 is 16.4 Å². The van der Waals surface area contributed by atoms with E-state index in [-0.39, 0.29) is 36.2 Å². The zero-order valence-electron chi connectivity index (χ0n) is 22.3. The van der Waals surface area contributed by atoms with Crippen molar-refractivity contribution in [2.75, 3.05) is 26.0 Å². The molecule has 0 spiro atoms. The van der Waals surface area contributed by atoms with Gasteiger partial charge in [-0.15, -0.1) is 0 Å². The zero-order chi connectivity index (χ0) is 29.8. The lowest BCUT2D eigenvalue weighted by molar-refractivity contribution is -0.148. The number of aliphatic hydroxyl groups excluding tert-OH is 2. The second kappa shape index (κ2) is 10.1. The minimum absolute atomic E-state index is 0.00759. The van der Waals surface area contributed by atoms with Crippen LogP contribution in [-0.4, -0.2) is 91.0 Å². The first-order chi connectivity index (χ1) is 19.4. The summed E-state index contributed by atoms with van der Waals surface area (Å²) in [5.74, 6) is -7.19. The van der Waals surface area contributed by atoms with Gasteiger partial charge in [0.25, 0.3) is 5.91 Å². The molecule has 41 heavy (non-hydrogen) atoms. The molecule has 1 aromatic heterocycles. The number of aromatic hydroxyl groups is 1. The SMILES string of the molecule is CN(C)[C@@H]1C(O)=C(C(N)=O)C(=O)[C@@]2(O)C(O)=C3C(=O)c4c(ccc(NC(=O)CNCc5ncc[nH]5)c4O)CC3CC12. The van der Waals surface area contributed by atoms with Gasteiger partial charge in [-0.2, -0.15) is 0 Å². The predicted molar refractivity (Wildman–Crippen MR) is 143 cm³/mol. The Balaban J connectivity index is 1.48. The van der Waals surface area contributed by atoms with Crippen molar-refractivity contribution in [1.29, 1.82) is 0 Å². The first kappa shape index (κ1) is 28.0. The maximum atomic E-state index is 13.7. The van der Waals surface area contributed by atoms with Crippen LogP contribution in [-0.2, 0) is 27.3 Å². The molecule has 14 heteroatoms. The molecule has 4 atom stereocenters. The quantitative estimate of drug-likeness (QED) is 0.158. The Morgan fingerprint density at radius 2 is 1.95 bits per heavy atom. The summed E-state index contributed by atoms with van der Waals surface area (Å²) in [5.41, 5.74) is 1.69. The minimum atomic E-state index is -2.72. The number of rotatable bonds is 7. The standard InChI is InChI=1S/C27H30N6O8/c1-33(2)20-13-8-12-7-11-3-4-14(32-16(34)10-29-9-15-30-5-6-31-15)21(35)17(11)22(36)18(12)24(38)27(13,41)25(39)19(23(20)37)26(28)40/h3-6,12-13,20,29,35,37-38,41H,7-10H2,1-2H3,(H2,28,40)(H,30,31)(H,32,34)/t12?,13?,20-,27-/m0/s1. The van der Waals surface area contributed by atoms with Gasteiger partial charge in [0, 0.05) is 23.9 Å². The van der Waals surface area contributed by atoms with Crippen LogP contribution in [0.1, 0.15) is 28.2 Å². The van der Waals surface area contributed by atoms with E-state index < -0.39 is 69.7 Å². The number of nitrogens with one attached hydrogen (secondary N) is 3. The number of likely N-dealkylation sites (N-methyl/N-ethyl adjacent to an activating group) is 1. The van der Waals surface area contributed by atoms with Crippen molar-refractivity contribution in [3.05, 3.63) is 64.1 Å². The van der Waals surface area contributed by atoms with Gasteiger partial charge in [0.15, 0.2) is 17.1 Å². The summed E-state index contributed by atoms with van der Waals surface area (Å²) in [6.45, 7) is 0.178. The Hall–Kier alpha value is -4.53. The van der Waals surface area contributed by atoms with Crippen LogP contribution in [0.5, 0.6) is 5.75 Å². The van der Waals surface area contributed by atoms with Gasteiger partial charge >= 0.3 is 0 Å². The first-order valence-electron chi connectivity index (χ1n) is 12.9. The molecular formula is C27H30N6O8. The van der Waals surface area contributed by atoms with Gasteiger partial charge in [-0.1, -0.05) is 6.07 Å². The smallest absolute Gasteiger partial charge is 0.255 e. The van der Waals surface area contributed by atoms with Gasteiger partial charge in [-0.25, -0.2) is 4.98 Å². The number of amides is 2. The number of nitrogens with two attached hydrogens (primary N) is 1. The number of aromatic nitrogens is 2. The monoisotopic (exact) mass is 566 g/mol. The summed E-state index contributed by atoms with van der Waals surface area (Å²) in [5, 5.41) is 50.2. The molecule has 0 fully saturated rings. The highest BCUT2D eigenvalue weighted by Crippen LogP contribution is 2.52. The fraction of sp³-hybridized carbons (Fsp3) is 0.370. The van der Waals surface area contributed by atoms with E-state index in [0.717, 1.165) is 0 Å². The Morgan fingerprint density at radius 3 is 2.59 bits per heavy atom. The molecule has 3 aliphatic carbocycles. The predicted octanol–water partition coefficient (Wildman–Crippen LogP) is -0.428. The Morgan fingerprint density at radius 1 is 1.22 bits per heavy atom. The van der Waals surface area contributed by atoms with E-state index in [9.17, 15) is 39.6 Å². The lowest BCUT2D eigenvalue weighted by Crippen LogP contribution is -2.63. The summed E-state index contributed by atoms with van der Waals surface area (Å²) in [6, 6.07) is 1.97. The number of carbonyl (C=O) groups is 4. The molecule has 3 aliphatic rings. The molecule has 9 N–H and O–H groups in total. The molecule has 0 aliphatic heterocycles. The number of allylic oxidation sites excluding steroid dienone is 1. The number of primary amides is 1. The van der Waals surface area contributed by atoms with Crippen molar-refractivity contribution in [3.8, 4) is 5.75 Å². The molecule has 2 amide bonds. The molecule has 0 bridgehead atoms. The van der Waals surface area contributed by atoms with Gasteiger partial charge in [0.05, 0.1) is 30.4 Å². The summed E-state index contributed by atoms with van der Waals surface area (Å²) >= 11 is 0. The van der Waals surface area contributed by atoms with Crippen molar-refractivity contribution in [2.45, 2.75) is 31.0 Å². The third kappa shape index (κ3) is 4.36. The maximum Gasteiger partial charge on any atom is 0.255 e. The van der Waals surface area contributed by atoms with Crippen molar-refractivity contribution >= 4 is 29.1 Å². The molecule has 1 aromatic carbocycles. The normalized spacial score (nSPS) is 25.6. The highest BCUT2D eigenvalue weighted by molar-refractivity contribution is 6.25. The lowest BCUT2D eigenvalue weighted by Gasteiger charge is -2.50. The summed E-state index contributed by atoms with van der Waals surface area (Å²) in [6.07, 6.45) is 3.36. The second-order valence-corrected chi connectivity index (χ2v) is 10.6. The number of anilines is 1. The highest BCUT2D eigenvalue weighted by Gasteiger charge is 2.63. The van der Waals surface area contributed by atoms with E-state index in [0.29, 0.717) is 17.9 Å². The van der Waals surface area contributed by atoms with Crippen LogP contribution in [0.3, 0.4) is 0 Å². The highest BCUT2D eigenvalue weighted by atomic mass is 16.3. The zero-order valence-corrected chi connectivity index (χ0v) is 22.3. The topological polar surface area (TPSA) is 231 Å². The molecule has 0 radical (unpaired) electrons. The molecule has 5 rings (SSSR count). The largest absolute Gasteiger partial charge is 0.510 e. The molecule has 0 saturated heterocycles. The van der Waals surface area contributed by atoms with Gasteiger partial charge in [0.2, 0.25) is 11.7 Å². The van der Waals surface area contributed by atoms with Crippen LogP contribution in [0, 0.1) is 11.8 Å². The molecule has 216 valence electrons. The van der Waals surface area contributed by atoms with E-state index in [1.807, 2.05) is 0 Å². The molecule has 14 nitrogen and oxygen atoms in total. The van der Waals surface area contributed by atoms with Crippen molar-refractivity contribution < 1.29 is 39.6 Å². The summed E-state index contributed by atoms with van der Waals surface area (Å²) < 4.78 is 0. The van der Waals surface area contributed by atoms with Gasteiger partial charge in [-0.05, 0) is 44.5 Å². The van der Waals surface area contributed by atoms with Crippen LogP contribution in [0.4, 0.5) is 5.69 Å². The first-order valence-corrected chi connectivity index (χ1v) is 12.9. The number of aromatic amines is 1. The van der Waals surface area contributed by atoms with E-state index in [2.05, 4.69) is 20.6 Å². The minimum Gasteiger partial charge on any atom is -0.510 e. The van der Waals surface area contributed by atoms with Gasteiger partial charge in [0.1, 0.15) is 22.9 Å². The number of hydrogen-bond donors (Lipinski definition) is 8. The van der Waals surface area contributed by atoms with Crippen molar-refractivity contribution in [1.82, 2.24) is 20.2 Å². The average molecular weight is 567 g/mol. The maximum absolute atomic E-state index is 13.7. The Labute approximate surface area is 233 Å². The number of Topliss-reactive ketones (excluding diaryl/α,β-unsaturated/α-hetero) is 2. The van der Waals surface area contributed by atoms with E-state index >= 15 is 0 Å². The fourth-order valence-electron chi connectivity index (χ4n) is 6.21. The second-order valence-electron chi connectivity index (χ2n) is 10.6. The number of fused-ring (bicyclic) bond motifs is 3. The Bertz CT molecular complexity index is 1530. The number of nitrogens with zero attached hydrogens (tertiary/aromatic N) is 2. The number of benzene rings is 1. The fourth-order valence-corrected chi connectivity index (χ4v) is 6.21. The van der Waals surface area contributed by atoms with E-state index in [1.165, 1.54) is 11.0 Å². The number of phenols is 1. The third-order valence-corrected chi connectivity index (χ3v) is 8.00. The Kier molecular flexibility index (Phi) is 6.93. The molecular weight excluding hydrogens is 536 g/mol. The van der Waals surface area contributed by atoms with Gasteiger partial charge < -0.3 is 41.8 Å². The van der Waals surface area contributed by atoms with Crippen molar-refractivity contribution in [3.63, 3.8) is 0 Å². The number of ketones is 2. The molecule has 2 unspecified atom stereocenters. The molecule has 2 aromatic rings. The number of hydrogen-bond acceptors (Lipinski definition) is 11. The van der Waals surface area contributed by atoms with Crippen LogP contribution in [0.15, 0.2) is 47.2 Å². The van der Waals surface area contributed by atoms with Crippen LogP contribution >= 0.6 is 0 Å². The van der Waals surface area contributed by atoms with Crippen LogP contribution in [0.2, 0.25) is 0 Å². The number of aliphatic hydroxyl groups is 3. The molecule has 1 heterocycles. The summed E-state index contributed by atoms with van der Waals surface area (Å²) in [7, 11) is 3.13. The van der Waals surface area contributed by atoms with Gasteiger partial charge in [-0.3, -0.25) is 24.1 Å². The average Bonchev–Trinajstić information content (AvgIpc) is 3.41. The third-order valence-electron chi connectivity index (χ3n) is 8.00. The molecule has 0 saturated carbocycles. The number of H-pyrrole nitrogens is 1. The van der Waals surface area contributed by atoms with Crippen molar-refractivity contribution in [2.24, 2.45) is 17.6 Å². The number of phenolic OH excluding ortho intramolecular Hbond substituents is 1.